The van der Waals surface area contributed by atoms with E-state index >= 15 is 0 Å². The highest BCUT2D eigenvalue weighted by Gasteiger charge is 2.17. The zero-order valence-corrected chi connectivity index (χ0v) is 13.0. The number of hydrogen-bond donors (Lipinski definition) is 0. The topological polar surface area (TPSA) is 18.5 Å². The summed E-state index contributed by atoms with van der Waals surface area (Å²) in [7, 11) is 3.47. The van der Waals surface area contributed by atoms with Crippen LogP contribution in [0.25, 0.3) is 21.5 Å². The zero-order chi connectivity index (χ0) is 15.0. The molecule has 0 saturated heterocycles. The van der Waals surface area contributed by atoms with Crippen LogP contribution in [0.4, 0.5) is 0 Å². The number of benzene rings is 3. The third-order valence-electron chi connectivity index (χ3n) is 4.25. The molecule has 21 heavy (non-hydrogen) atoms. The van der Waals surface area contributed by atoms with Gasteiger partial charge in [0, 0.05) is 21.5 Å². The summed E-state index contributed by atoms with van der Waals surface area (Å²) < 4.78 is 11.5. The highest BCUT2D eigenvalue weighted by Crippen LogP contribution is 2.44. The molecule has 0 unspecified atom stereocenters. The maximum Gasteiger partial charge on any atom is 0.135 e. The lowest BCUT2D eigenvalue weighted by Crippen LogP contribution is -1.96. The van der Waals surface area contributed by atoms with Gasteiger partial charge in [0.05, 0.1) is 14.2 Å². The zero-order valence-electron chi connectivity index (χ0n) is 13.0. The van der Waals surface area contributed by atoms with Crippen molar-refractivity contribution in [1.29, 1.82) is 0 Å². The van der Waals surface area contributed by atoms with Crippen LogP contribution in [0.3, 0.4) is 0 Å². The third-order valence-corrected chi connectivity index (χ3v) is 4.25. The van der Waals surface area contributed by atoms with Gasteiger partial charge in [-0.15, -0.1) is 0 Å². The molecular weight excluding hydrogens is 260 g/mol. The van der Waals surface area contributed by atoms with Crippen molar-refractivity contribution in [2.24, 2.45) is 0 Å². The second-order valence-electron chi connectivity index (χ2n) is 5.24. The molecule has 0 spiro atoms. The van der Waals surface area contributed by atoms with Gasteiger partial charge in [-0.05, 0) is 24.5 Å². The molecule has 0 N–H and O–H groups in total. The molecule has 2 heteroatoms. The molecule has 2 nitrogen and oxygen atoms in total. The Morgan fingerprint density at radius 2 is 1.43 bits per heavy atom. The standard InChI is InChI=1S/C19H20O2/c1-5-13-10-11-16-17(12(13)2)19(21-4)15-9-7-6-8-14(15)18(16)20-3/h6-11H,5H2,1-4H3. The number of methoxy groups -OCH3 is 2. The summed E-state index contributed by atoms with van der Waals surface area (Å²) >= 11 is 0. The molecule has 0 aliphatic rings. The summed E-state index contributed by atoms with van der Waals surface area (Å²) in [4.78, 5) is 0. The molecular formula is C19H20O2. The Kier molecular flexibility index (Phi) is 3.46. The molecule has 108 valence electrons. The summed E-state index contributed by atoms with van der Waals surface area (Å²) in [6.45, 7) is 4.34. The molecule has 0 aliphatic carbocycles. The van der Waals surface area contributed by atoms with Crippen LogP contribution < -0.4 is 9.47 Å². The minimum Gasteiger partial charge on any atom is -0.495 e. The molecule has 0 bridgehead atoms. The van der Waals surface area contributed by atoms with Crippen LogP contribution in [0, 0.1) is 6.92 Å². The van der Waals surface area contributed by atoms with Crippen molar-refractivity contribution in [3.8, 4) is 11.5 Å². The number of hydrogen-bond acceptors (Lipinski definition) is 2. The molecule has 0 radical (unpaired) electrons. The normalized spacial score (nSPS) is 11.0. The maximum atomic E-state index is 5.77. The van der Waals surface area contributed by atoms with Crippen LogP contribution in [0.1, 0.15) is 18.1 Å². The smallest absolute Gasteiger partial charge is 0.135 e. The van der Waals surface area contributed by atoms with Gasteiger partial charge in [0.1, 0.15) is 11.5 Å². The lowest BCUT2D eigenvalue weighted by molar-refractivity contribution is 0.417. The van der Waals surface area contributed by atoms with E-state index in [4.69, 9.17) is 9.47 Å². The van der Waals surface area contributed by atoms with E-state index in [0.29, 0.717) is 0 Å². The lowest BCUT2D eigenvalue weighted by atomic mass is 9.93. The van der Waals surface area contributed by atoms with Crippen molar-refractivity contribution in [2.75, 3.05) is 14.2 Å². The quantitative estimate of drug-likeness (QED) is 0.636. The Hall–Kier alpha value is -2.22. The molecule has 3 aromatic carbocycles. The first-order valence-corrected chi connectivity index (χ1v) is 7.27. The number of rotatable bonds is 3. The first-order valence-electron chi connectivity index (χ1n) is 7.27. The van der Waals surface area contributed by atoms with Gasteiger partial charge < -0.3 is 9.47 Å². The Balaban J connectivity index is 2.61. The lowest BCUT2D eigenvalue weighted by Gasteiger charge is -2.18. The summed E-state index contributed by atoms with van der Waals surface area (Å²) in [6.07, 6.45) is 1.01. The average molecular weight is 280 g/mol. The number of fused-ring (bicyclic) bond motifs is 2. The van der Waals surface area contributed by atoms with Crippen molar-refractivity contribution in [1.82, 2.24) is 0 Å². The fourth-order valence-corrected chi connectivity index (χ4v) is 3.21. The maximum absolute atomic E-state index is 5.77. The monoisotopic (exact) mass is 280 g/mol. The second-order valence-corrected chi connectivity index (χ2v) is 5.24. The summed E-state index contributed by atoms with van der Waals surface area (Å²) in [6, 6.07) is 12.6. The molecule has 3 aromatic rings. The molecule has 0 heterocycles. The van der Waals surface area contributed by atoms with E-state index in [1.165, 1.54) is 11.1 Å². The Bertz CT molecular complexity index is 819. The highest BCUT2D eigenvalue weighted by atomic mass is 16.5. The van der Waals surface area contributed by atoms with Gasteiger partial charge in [0.15, 0.2) is 0 Å². The minimum absolute atomic E-state index is 0.923. The fourth-order valence-electron chi connectivity index (χ4n) is 3.21. The average Bonchev–Trinajstić information content (AvgIpc) is 2.53. The van der Waals surface area contributed by atoms with Crippen LogP contribution in [0.5, 0.6) is 11.5 Å². The van der Waals surface area contributed by atoms with Gasteiger partial charge >= 0.3 is 0 Å². The van der Waals surface area contributed by atoms with Gasteiger partial charge in [-0.25, -0.2) is 0 Å². The van der Waals surface area contributed by atoms with Crippen molar-refractivity contribution in [3.63, 3.8) is 0 Å². The van der Waals surface area contributed by atoms with E-state index < -0.39 is 0 Å². The van der Waals surface area contributed by atoms with Gasteiger partial charge in [0.2, 0.25) is 0 Å². The van der Waals surface area contributed by atoms with Crippen LogP contribution in [-0.2, 0) is 6.42 Å². The van der Waals surface area contributed by atoms with Crippen LogP contribution in [-0.4, -0.2) is 14.2 Å². The van der Waals surface area contributed by atoms with E-state index in [2.05, 4.69) is 38.1 Å². The molecule has 0 aromatic heterocycles. The van der Waals surface area contributed by atoms with Crippen LogP contribution >= 0.6 is 0 Å². The molecule has 0 saturated carbocycles. The first-order chi connectivity index (χ1) is 10.2. The largest absolute Gasteiger partial charge is 0.495 e. The van der Waals surface area contributed by atoms with Crippen LogP contribution in [0.15, 0.2) is 36.4 Å². The summed E-state index contributed by atoms with van der Waals surface area (Å²) in [5, 5.41) is 4.46. The summed E-state index contributed by atoms with van der Waals surface area (Å²) in [5.41, 5.74) is 2.62. The minimum atomic E-state index is 0.923. The van der Waals surface area contributed by atoms with E-state index in [1.807, 2.05) is 12.1 Å². The van der Waals surface area contributed by atoms with Crippen molar-refractivity contribution < 1.29 is 9.47 Å². The van der Waals surface area contributed by atoms with Gasteiger partial charge in [0.25, 0.3) is 0 Å². The van der Waals surface area contributed by atoms with Gasteiger partial charge in [-0.3, -0.25) is 0 Å². The fraction of sp³-hybridized carbons (Fsp3) is 0.263. The predicted octanol–water partition coefficient (Wildman–Crippen LogP) is 4.88. The van der Waals surface area contributed by atoms with E-state index in [-0.39, 0.29) is 0 Å². The van der Waals surface area contributed by atoms with Crippen LogP contribution in [0.2, 0.25) is 0 Å². The SMILES string of the molecule is CCc1ccc2c(OC)c3ccccc3c(OC)c2c1C. The Morgan fingerprint density at radius 3 is 2.00 bits per heavy atom. The number of ether oxygens (including phenoxy) is 2. The Labute approximate surface area is 125 Å². The molecule has 0 atom stereocenters. The molecule has 0 amide bonds. The Morgan fingerprint density at radius 1 is 0.810 bits per heavy atom. The second kappa shape index (κ2) is 5.28. The van der Waals surface area contributed by atoms with E-state index in [1.54, 1.807) is 14.2 Å². The van der Waals surface area contributed by atoms with Gasteiger partial charge in [-0.2, -0.15) is 0 Å². The van der Waals surface area contributed by atoms with Gasteiger partial charge in [-0.1, -0.05) is 43.3 Å². The number of aryl methyl sites for hydroxylation is 2. The van der Waals surface area contributed by atoms with Crippen molar-refractivity contribution in [3.05, 3.63) is 47.5 Å². The van der Waals surface area contributed by atoms with E-state index in [9.17, 15) is 0 Å². The predicted molar refractivity (Wildman–Crippen MR) is 88.7 cm³/mol. The van der Waals surface area contributed by atoms with E-state index in [0.717, 1.165) is 39.5 Å². The van der Waals surface area contributed by atoms with Crippen molar-refractivity contribution >= 4 is 21.5 Å². The third kappa shape index (κ3) is 1.94. The highest BCUT2D eigenvalue weighted by molar-refractivity contribution is 6.12. The molecule has 0 fully saturated rings. The van der Waals surface area contributed by atoms with Crippen molar-refractivity contribution in [2.45, 2.75) is 20.3 Å². The molecule has 0 aliphatic heterocycles. The first kappa shape index (κ1) is 13.7. The molecule has 3 rings (SSSR count). The summed E-state index contributed by atoms with van der Waals surface area (Å²) in [5.74, 6) is 1.86.